The molecule has 0 aliphatic heterocycles. The van der Waals surface area contributed by atoms with E-state index in [1.165, 1.54) is 19.0 Å². The molecule has 3 aliphatic rings. The summed E-state index contributed by atoms with van der Waals surface area (Å²) in [6, 6.07) is -0.364. The Balaban J connectivity index is 1.71. The summed E-state index contributed by atoms with van der Waals surface area (Å²) in [7, 11) is 2.95. The molecule has 6 atom stereocenters. The zero-order valence-corrected chi connectivity index (χ0v) is 23.5. The molecule has 0 heterocycles. The monoisotopic (exact) mass is 574 g/mol. The number of nitrogens with two attached hydrogens (primary N) is 1. The summed E-state index contributed by atoms with van der Waals surface area (Å²) >= 11 is 0. The highest BCUT2D eigenvalue weighted by Gasteiger charge is 2.69. The Morgan fingerprint density at radius 1 is 1.17 bits per heavy atom. The number of carbonyl (C=O) groups excluding carboxylic acids is 6. The van der Waals surface area contributed by atoms with E-state index in [0.717, 1.165) is 6.07 Å². The summed E-state index contributed by atoms with van der Waals surface area (Å²) in [5.74, 6) is -14.1. The van der Waals surface area contributed by atoms with Crippen LogP contribution in [0, 0.1) is 34.9 Å². The van der Waals surface area contributed by atoms with Crippen LogP contribution in [0.1, 0.15) is 43.1 Å². The number of ketones is 4. The zero-order chi connectivity index (χ0) is 30.8. The maximum absolute atomic E-state index is 15.3. The van der Waals surface area contributed by atoms with E-state index < -0.39 is 87.4 Å². The number of aromatic hydroxyl groups is 1. The molecule has 4 rings (SSSR count). The van der Waals surface area contributed by atoms with Crippen LogP contribution in [0.3, 0.4) is 0 Å². The van der Waals surface area contributed by atoms with Gasteiger partial charge in [0.15, 0.2) is 34.7 Å². The number of amides is 2. The molecule has 0 radical (unpaired) electrons. The van der Waals surface area contributed by atoms with Gasteiger partial charge in [-0.25, -0.2) is 4.39 Å². The molecule has 1 aromatic rings. The minimum absolute atomic E-state index is 0.115. The predicted octanol–water partition coefficient (Wildman–Crippen LogP) is -0.420. The molecule has 222 valence electrons. The number of phenolic OH excluding ortho intramolecular Hbond substituents is 1. The highest BCUT2D eigenvalue weighted by molar-refractivity contribution is 6.32. The predicted molar refractivity (Wildman–Crippen MR) is 142 cm³/mol. The maximum Gasteiger partial charge on any atom is 0.238 e. The molecule has 6 N–H and O–H groups in total. The molecule has 0 spiro atoms. The molecular formula is C28H35FN4O8. The van der Waals surface area contributed by atoms with Gasteiger partial charge >= 0.3 is 0 Å². The normalized spacial score (nSPS) is 29.6. The Kier molecular flexibility index (Phi) is 7.69. The lowest BCUT2D eigenvalue weighted by atomic mass is 9.52. The first kappa shape index (κ1) is 30.4. The first-order valence-corrected chi connectivity index (χ1v) is 13.3. The molecule has 2 amide bonds. The highest BCUT2D eigenvalue weighted by Crippen LogP contribution is 2.51. The number of likely N-dealkylation sites (N-methyl/N-ethyl adjacent to an activating group) is 1. The quantitative estimate of drug-likeness (QED) is 0.220. The third-order valence-corrected chi connectivity index (χ3v) is 8.22. The van der Waals surface area contributed by atoms with Crippen molar-refractivity contribution in [1.29, 1.82) is 0 Å². The number of nitrogens with one attached hydrogen (secondary N) is 2. The van der Waals surface area contributed by atoms with Crippen molar-refractivity contribution >= 4 is 40.6 Å². The number of primary amides is 1. The number of halogens is 1. The van der Waals surface area contributed by atoms with Gasteiger partial charge in [0.05, 0.1) is 29.8 Å². The fraction of sp³-hybridized carbons (Fsp3) is 0.571. The van der Waals surface area contributed by atoms with Crippen molar-refractivity contribution in [3.05, 3.63) is 23.0 Å². The SMILES string of the molecule is CN(C)[C@@H]1C(=O)C(C(N)=O)C(=O)[C@@]2(O)C(=O)C3C(=O)c4c(O)c(NC(=O)CNCC(C)(C)C)cc(F)c4C[C@H]3C[C@@H]12. The number of rotatable bonds is 6. The molecule has 2 unspecified atom stereocenters. The van der Waals surface area contributed by atoms with Crippen LogP contribution in [0.25, 0.3) is 0 Å². The van der Waals surface area contributed by atoms with Crippen molar-refractivity contribution in [3.8, 4) is 5.75 Å². The number of carbonyl (C=O) groups is 6. The van der Waals surface area contributed by atoms with Crippen LogP contribution in [0.15, 0.2) is 6.07 Å². The second-order valence-corrected chi connectivity index (χ2v) is 12.6. The third kappa shape index (κ3) is 4.95. The number of fused-ring (bicyclic) bond motifs is 3. The minimum atomic E-state index is -2.88. The summed E-state index contributed by atoms with van der Waals surface area (Å²) in [6.07, 6.45) is -0.408. The lowest BCUT2D eigenvalue weighted by molar-refractivity contribution is -0.181. The highest BCUT2D eigenvalue weighted by atomic mass is 19.1. The van der Waals surface area contributed by atoms with Gasteiger partial charge in [0.25, 0.3) is 0 Å². The van der Waals surface area contributed by atoms with Crippen molar-refractivity contribution in [3.63, 3.8) is 0 Å². The number of aliphatic hydroxyl groups is 1. The van der Waals surface area contributed by atoms with Crippen molar-refractivity contribution in [2.45, 2.75) is 45.3 Å². The Bertz CT molecular complexity index is 1370. The van der Waals surface area contributed by atoms with Crippen LogP contribution in [-0.4, -0.2) is 88.9 Å². The Morgan fingerprint density at radius 3 is 2.37 bits per heavy atom. The van der Waals surface area contributed by atoms with Gasteiger partial charge < -0.3 is 26.6 Å². The lowest BCUT2D eigenvalue weighted by Gasteiger charge is -2.52. The average Bonchev–Trinajstić information content (AvgIpc) is 2.83. The lowest BCUT2D eigenvalue weighted by Crippen LogP contribution is -2.74. The Labute approximate surface area is 235 Å². The number of phenols is 1. The molecule has 12 nitrogen and oxygen atoms in total. The second kappa shape index (κ2) is 10.4. The molecule has 0 saturated heterocycles. The standard InChI is InChI=1S/C28H35FN4O8/c1-27(2,3)10-31-9-16(34)32-15-8-14(29)12-6-11-7-13-20(33(4)5)23(37)19(26(30)40)25(39)28(13,41)24(38)17(11)22(36)18(12)21(15)35/h8,11,13,17,19-20,31,35,41H,6-7,9-10H2,1-5H3,(H2,30,40)(H,32,34)/t11-,13-,17?,19?,20-,28-/m0/s1. The molecule has 3 aliphatic carbocycles. The van der Waals surface area contributed by atoms with Gasteiger partial charge in [-0.15, -0.1) is 0 Å². The van der Waals surface area contributed by atoms with Gasteiger partial charge in [0.2, 0.25) is 11.8 Å². The molecule has 2 fully saturated rings. The van der Waals surface area contributed by atoms with E-state index in [2.05, 4.69) is 10.6 Å². The van der Waals surface area contributed by atoms with Crippen molar-refractivity contribution in [1.82, 2.24) is 10.2 Å². The summed E-state index contributed by atoms with van der Waals surface area (Å²) in [5, 5.41) is 27.8. The smallest absolute Gasteiger partial charge is 0.238 e. The Morgan fingerprint density at radius 2 is 1.80 bits per heavy atom. The topological polar surface area (TPSA) is 196 Å². The van der Waals surface area contributed by atoms with Crippen LogP contribution >= 0.6 is 0 Å². The van der Waals surface area contributed by atoms with Crippen molar-refractivity contribution < 1.29 is 43.4 Å². The number of anilines is 1. The van der Waals surface area contributed by atoms with E-state index in [4.69, 9.17) is 5.73 Å². The van der Waals surface area contributed by atoms with Crippen molar-refractivity contribution in [2.24, 2.45) is 34.8 Å². The van der Waals surface area contributed by atoms with Gasteiger partial charge in [-0.3, -0.25) is 33.7 Å². The van der Waals surface area contributed by atoms with Crippen LogP contribution in [-0.2, 0) is 30.4 Å². The van der Waals surface area contributed by atoms with E-state index in [1.54, 1.807) is 0 Å². The number of Topliss-reactive ketones (excluding diaryl/α,β-unsaturated/α-hetero) is 4. The van der Waals surface area contributed by atoms with Gasteiger partial charge in [-0.05, 0) is 38.3 Å². The Hall–Kier alpha value is -3.55. The van der Waals surface area contributed by atoms with Crippen LogP contribution in [0.4, 0.5) is 10.1 Å². The largest absolute Gasteiger partial charge is 0.505 e. The maximum atomic E-state index is 15.3. The molecule has 2 saturated carbocycles. The molecule has 41 heavy (non-hydrogen) atoms. The fourth-order valence-corrected chi connectivity index (χ4v) is 6.47. The molecular weight excluding hydrogens is 539 g/mol. The van der Waals surface area contributed by atoms with E-state index in [1.807, 2.05) is 20.8 Å². The second-order valence-electron chi connectivity index (χ2n) is 12.6. The summed E-state index contributed by atoms with van der Waals surface area (Å²) in [6.45, 7) is 6.21. The van der Waals surface area contributed by atoms with E-state index >= 15 is 4.39 Å². The van der Waals surface area contributed by atoms with Gasteiger partial charge in [-0.1, -0.05) is 20.8 Å². The zero-order valence-electron chi connectivity index (χ0n) is 23.5. The number of hydrogen-bond acceptors (Lipinski definition) is 10. The van der Waals surface area contributed by atoms with Crippen LogP contribution in [0.5, 0.6) is 5.75 Å². The van der Waals surface area contributed by atoms with Gasteiger partial charge in [-0.2, -0.15) is 0 Å². The molecule has 0 bridgehead atoms. The first-order valence-electron chi connectivity index (χ1n) is 13.3. The van der Waals surface area contributed by atoms with Crippen molar-refractivity contribution in [2.75, 3.05) is 32.5 Å². The summed E-state index contributed by atoms with van der Waals surface area (Å²) in [4.78, 5) is 79.8. The number of benzene rings is 1. The summed E-state index contributed by atoms with van der Waals surface area (Å²) in [5.41, 5.74) is 1.22. The minimum Gasteiger partial charge on any atom is -0.505 e. The van der Waals surface area contributed by atoms with Gasteiger partial charge in [0, 0.05) is 24.1 Å². The van der Waals surface area contributed by atoms with E-state index in [0.29, 0.717) is 6.54 Å². The van der Waals surface area contributed by atoms with Crippen LogP contribution < -0.4 is 16.4 Å². The molecule has 1 aromatic carbocycles. The van der Waals surface area contributed by atoms with Gasteiger partial charge in [0.1, 0.15) is 11.6 Å². The average molecular weight is 575 g/mol. The number of nitrogens with zero attached hydrogens (tertiary/aromatic N) is 1. The first-order chi connectivity index (χ1) is 18.9. The molecule has 13 heteroatoms. The number of hydrogen-bond donors (Lipinski definition) is 5. The fourth-order valence-electron chi connectivity index (χ4n) is 6.47. The van der Waals surface area contributed by atoms with E-state index in [-0.39, 0.29) is 36.1 Å². The molecule has 0 aromatic heterocycles. The summed E-state index contributed by atoms with van der Waals surface area (Å²) < 4.78 is 15.3. The van der Waals surface area contributed by atoms with Crippen LogP contribution in [0.2, 0.25) is 0 Å². The van der Waals surface area contributed by atoms with E-state index in [9.17, 15) is 39.0 Å². The third-order valence-electron chi connectivity index (χ3n) is 8.22.